The number of imide groups is 1. The quantitative estimate of drug-likeness (QED) is 0.0355. The maximum Gasteiger partial charge on any atom is 0.312 e. The molecular weight excluding hydrogens is 811 g/mol. The van der Waals surface area contributed by atoms with Gasteiger partial charge in [0, 0.05) is 40.4 Å². The van der Waals surface area contributed by atoms with Crippen LogP contribution in [0.1, 0.15) is 44.0 Å². The average molecular weight is 850 g/mol. The maximum atomic E-state index is 12.9. The van der Waals surface area contributed by atoms with Gasteiger partial charge < -0.3 is 14.6 Å². The molecule has 1 aliphatic heterocycles. The predicted octanol–water partition coefficient (Wildman–Crippen LogP) is 5.37. The Balaban J connectivity index is 1.43. The number of hydrogen-bond donors (Lipinski definition) is 2. The highest BCUT2D eigenvalue weighted by Gasteiger charge is 2.29. The van der Waals surface area contributed by atoms with Crippen molar-refractivity contribution in [2.24, 2.45) is 5.92 Å². The fourth-order valence-corrected chi connectivity index (χ4v) is 9.90. The molecule has 0 spiro atoms. The Labute approximate surface area is 331 Å². The number of unbranched alkanes of at least 4 members (excludes halogenated alkanes) is 1. The molecule has 2 aliphatic rings. The van der Waals surface area contributed by atoms with E-state index in [0.717, 1.165) is 61.9 Å². The van der Waals surface area contributed by atoms with Crippen molar-refractivity contribution in [2.75, 3.05) is 30.6 Å². The summed E-state index contributed by atoms with van der Waals surface area (Å²) in [5.41, 5.74) is 3.47. The standard InChI is InChI=1S/C36H39N3O11S5/c1-23-15-24(7-6-8-34-38(13-4-5-14-55(46,47)48)29-20-27(54(3,44)45)10-12-31(29)51-34)17-25(16-23)18-35-39(22-33(41)37-32(40)21-36(42)43)28-19-26(53-50-49-2)9-11-30(28)52-35/h6-12,17-20,23H,4-5,13-16,21-22H2,1-3H3,(H2-,37,40,41,42,43,46,47,48). The number of aryl methyl sites for hydroxylation is 1. The third-order valence-corrected chi connectivity index (χ3v) is 13.1. The van der Waals surface area contributed by atoms with Crippen molar-refractivity contribution in [3.8, 4) is 0 Å². The van der Waals surface area contributed by atoms with Crippen LogP contribution < -0.4 is 14.8 Å². The SMILES string of the molecule is COOSc1ccc2c(c1)N(CC(=O)NC(=O)CC(=O)O)/C(=C/C1=CC(=C/C=C/c3sc4ccc(S(C)(=O)=O)cc4[n+]3CCCCS(=O)(=O)[O-])/CC(C)C1)S2. The van der Waals surface area contributed by atoms with Crippen molar-refractivity contribution < 1.29 is 54.7 Å². The zero-order valence-electron chi connectivity index (χ0n) is 30.1. The normalized spacial score (nSPS) is 17.6. The van der Waals surface area contributed by atoms with Crippen molar-refractivity contribution in [2.45, 2.75) is 60.3 Å². The second kappa shape index (κ2) is 18.4. The number of hydrogen-bond acceptors (Lipinski definition) is 14. The van der Waals surface area contributed by atoms with Gasteiger partial charge >= 0.3 is 5.97 Å². The Morgan fingerprint density at radius 2 is 1.89 bits per heavy atom. The van der Waals surface area contributed by atoms with Crippen LogP contribution in [0.2, 0.25) is 0 Å². The zero-order chi connectivity index (χ0) is 39.9. The second-order valence-electron chi connectivity index (χ2n) is 13.0. The molecule has 0 fully saturated rings. The zero-order valence-corrected chi connectivity index (χ0v) is 34.1. The Hall–Kier alpha value is -3.82. The van der Waals surface area contributed by atoms with Crippen LogP contribution in [-0.2, 0) is 50.1 Å². The van der Waals surface area contributed by atoms with Gasteiger partial charge in [-0.3, -0.25) is 19.7 Å². The van der Waals surface area contributed by atoms with Crippen LogP contribution in [0.3, 0.4) is 0 Å². The number of carboxylic acid groups (broad SMARTS) is 1. The number of amides is 2. The van der Waals surface area contributed by atoms with E-state index in [9.17, 15) is 35.8 Å². The van der Waals surface area contributed by atoms with Crippen LogP contribution in [0.25, 0.3) is 16.3 Å². The topological polar surface area (TPSA) is 200 Å². The molecule has 2 heterocycles. The molecule has 1 atom stereocenters. The van der Waals surface area contributed by atoms with Gasteiger partial charge in [-0.15, -0.1) is 0 Å². The number of carbonyl (C=O) groups is 3. The van der Waals surface area contributed by atoms with Crippen LogP contribution in [0, 0.1) is 5.92 Å². The van der Waals surface area contributed by atoms with Crippen molar-refractivity contribution in [3.05, 3.63) is 81.9 Å². The van der Waals surface area contributed by atoms with Crippen LogP contribution in [0.5, 0.6) is 0 Å². The number of sulfone groups is 1. The molecular formula is C36H39N3O11S5. The van der Waals surface area contributed by atoms with Crippen molar-refractivity contribution in [3.63, 3.8) is 0 Å². The highest BCUT2D eigenvalue weighted by molar-refractivity contribution is 8.03. The number of carboxylic acids is 1. The summed E-state index contributed by atoms with van der Waals surface area (Å²) >= 11 is 3.92. The van der Waals surface area contributed by atoms with Crippen LogP contribution in [-0.4, -0.2) is 69.9 Å². The fraction of sp³-hybridized carbons (Fsp3) is 0.333. The Kier molecular flexibility index (Phi) is 14.2. The molecule has 2 N–H and O–H groups in total. The van der Waals surface area contributed by atoms with Crippen molar-refractivity contribution in [1.82, 2.24) is 5.32 Å². The smallest absolute Gasteiger partial charge is 0.312 e. The highest BCUT2D eigenvalue weighted by atomic mass is 32.2. The molecule has 1 aliphatic carbocycles. The molecule has 294 valence electrons. The lowest BCUT2D eigenvalue weighted by Crippen LogP contribution is -2.39. The average Bonchev–Trinajstić information content (AvgIpc) is 3.60. The number of allylic oxidation sites excluding steroid dienone is 6. The summed E-state index contributed by atoms with van der Waals surface area (Å²) in [6.45, 7) is 2.29. The summed E-state index contributed by atoms with van der Waals surface area (Å²) in [6, 6.07) is 10.5. The van der Waals surface area contributed by atoms with E-state index >= 15 is 0 Å². The number of nitrogens with one attached hydrogen (secondary N) is 1. The molecule has 1 unspecified atom stereocenters. The number of carbonyl (C=O) groups excluding carboxylic acids is 2. The number of thioether (sulfide) groups is 1. The Bertz CT molecular complexity index is 2330. The van der Waals surface area contributed by atoms with E-state index in [1.165, 1.54) is 30.2 Å². The maximum absolute atomic E-state index is 12.9. The molecule has 19 heteroatoms. The van der Waals surface area contributed by atoms with E-state index in [0.29, 0.717) is 29.1 Å². The summed E-state index contributed by atoms with van der Waals surface area (Å²) < 4.78 is 65.9. The first kappa shape index (κ1) is 42.3. The minimum Gasteiger partial charge on any atom is -0.748 e. The third-order valence-electron chi connectivity index (χ3n) is 8.35. The molecule has 0 saturated heterocycles. The minimum atomic E-state index is -4.35. The van der Waals surface area contributed by atoms with Gasteiger partial charge in [-0.05, 0) is 72.7 Å². The lowest BCUT2D eigenvalue weighted by atomic mass is 9.87. The van der Waals surface area contributed by atoms with E-state index in [-0.39, 0.29) is 23.8 Å². The van der Waals surface area contributed by atoms with Gasteiger partial charge in [0.1, 0.15) is 17.7 Å². The van der Waals surface area contributed by atoms with Gasteiger partial charge in [0.25, 0.3) is 5.01 Å². The van der Waals surface area contributed by atoms with Crippen LogP contribution in [0.15, 0.2) is 91.6 Å². The second-order valence-corrected chi connectivity index (χ2v) is 19.4. The van der Waals surface area contributed by atoms with Gasteiger partial charge in [0.05, 0.1) is 44.9 Å². The molecule has 0 bridgehead atoms. The molecule has 1 aromatic heterocycles. The largest absolute Gasteiger partial charge is 0.748 e. The molecule has 3 aromatic rings. The number of nitrogens with zero attached hydrogens (tertiary/aromatic N) is 2. The van der Waals surface area contributed by atoms with Crippen LogP contribution in [0.4, 0.5) is 5.69 Å². The fourth-order valence-electron chi connectivity index (χ4n) is 6.07. The Morgan fingerprint density at radius 3 is 2.60 bits per heavy atom. The highest BCUT2D eigenvalue weighted by Crippen LogP contribution is 2.48. The van der Waals surface area contributed by atoms with E-state index in [1.807, 2.05) is 47.1 Å². The molecule has 5 rings (SSSR count). The van der Waals surface area contributed by atoms with Gasteiger partial charge in [-0.2, -0.15) is 8.90 Å². The lowest BCUT2D eigenvalue weighted by molar-refractivity contribution is -0.669. The van der Waals surface area contributed by atoms with Crippen molar-refractivity contribution in [1.29, 1.82) is 0 Å². The number of rotatable bonds is 16. The molecule has 0 saturated carbocycles. The third kappa shape index (κ3) is 12.1. The molecule has 2 aromatic carbocycles. The number of aromatic nitrogens is 1. The number of fused-ring (bicyclic) bond motifs is 2. The summed E-state index contributed by atoms with van der Waals surface area (Å²) in [6.07, 6.45) is 12.4. The van der Waals surface area contributed by atoms with E-state index in [4.69, 9.17) is 14.3 Å². The van der Waals surface area contributed by atoms with E-state index in [1.54, 1.807) is 23.1 Å². The number of thiazole rings is 1. The van der Waals surface area contributed by atoms with Gasteiger partial charge in [0.2, 0.25) is 17.3 Å². The molecule has 0 radical (unpaired) electrons. The molecule has 14 nitrogen and oxygen atoms in total. The van der Waals surface area contributed by atoms with Crippen molar-refractivity contribution >= 4 is 94.9 Å². The van der Waals surface area contributed by atoms with Gasteiger partial charge in [-0.25, -0.2) is 21.7 Å². The van der Waals surface area contributed by atoms with Gasteiger partial charge in [-0.1, -0.05) is 48.3 Å². The van der Waals surface area contributed by atoms with Crippen LogP contribution >= 0.6 is 35.1 Å². The summed E-state index contributed by atoms with van der Waals surface area (Å²) in [5.74, 6) is -3.10. The monoisotopic (exact) mass is 849 g/mol. The molecule has 55 heavy (non-hydrogen) atoms. The van der Waals surface area contributed by atoms with E-state index < -0.39 is 49.9 Å². The predicted molar refractivity (Wildman–Crippen MR) is 210 cm³/mol. The number of benzene rings is 2. The summed E-state index contributed by atoms with van der Waals surface area (Å²) in [5, 5.41) is 12.7. The van der Waals surface area contributed by atoms with Gasteiger partial charge in [0.15, 0.2) is 16.4 Å². The minimum absolute atomic E-state index is 0.170. The molecule has 2 amide bonds. The first-order chi connectivity index (χ1) is 26.0. The Morgan fingerprint density at radius 1 is 1.11 bits per heavy atom. The lowest BCUT2D eigenvalue weighted by Gasteiger charge is -2.23. The first-order valence-corrected chi connectivity index (χ1v) is 22.7. The number of anilines is 1. The number of aliphatic carboxylic acids is 1. The first-order valence-electron chi connectivity index (χ1n) is 16.9. The summed E-state index contributed by atoms with van der Waals surface area (Å²) in [4.78, 5) is 44.2. The summed E-state index contributed by atoms with van der Waals surface area (Å²) in [7, 11) is -6.44. The van der Waals surface area contributed by atoms with E-state index in [2.05, 4.69) is 18.3 Å².